The summed E-state index contributed by atoms with van der Waals surface area (Å²) < 4.78 is 13.1. The Labute approximate surface area is 199 Å². The number of rotatable bonds is 8. The zero-order valence-electron chi connectivity index (χ0n) is 19.3. The van der Waals surface area contributed by atoms with E-state index in [1.807, 2.05) is 49.8 Å². The summed E-state index contributed by atoms with van der Waals surface area (Å²) in [6.07, 6.45) is 5.05. The van der Waals surface area contributed by atoms with Crippen molar-refractivity contribution >= 4 is 6.09 Å². The van der Waals surface area contributed by atoms with E-state index in [9.17, 15) is 4.79 Å². The van der Waals surface area contributed by atoms with Gasteiger partial charge in [0.05, 0.1) is 35.8 Å². The minimum absolute atomic E-state index is 0.136. The molecule has 176 valence electrons. The van der Waals surface area contributed by atoms with Gasteiger partial charge in [-0.2, -0.15) is 5.26 Å². The summed E-state index contributed by atoms with van der Waals surface area (Å²) in [6.45, 7) is 6.72. The van der Waals surface area contributed by atoms with E-state index in [1.54, 1.807) is 17.2 Å². The number of benzene rings is 1. The van der Waals surface area contributed by atoms with Crippen LogP contribution in [0.1, 0.15) is 29.3 Å². The maximum atomic E-state index is 12.6. The van der Waals surface area contributed by atoms with Crippen molar-refractivity contribution in [3.8, 4) is 11.9 Å². The number of nitrogens with zero attached hydrogens (tertiary/aromatic N) is 6. The largest absolute Gasteiger partial charge is 0.478 e. The van der Waals surface area contributed by atoms with Crippen molar-refractivity contribution in [1.82, 2.24) is 24.3 Å². The molecule has 1 aliphatic rings. The van der Waals surface area contributed by atoms with Crippen LogP contribution in [-0.4, -0.2) is 63.2 Å². The molecule has 3 aromatic rings. The van der Waals surface area contributed by atoms with Crippen LogP contribution in [-0.2, 0) is 24.4 Å². The van der Waals surface area contributed by atoms with Crippen LogP contribution in [0.2, 0.25) is 0 Å². The van der Waals surface area contributed by atoms with Crippen LogP contribution in [0.25, 0.3) is 0 Å². The Kier molecular flexibility index (Phi) is 7.73. The second kappa shape index (κ2) is 11.3. The third kappa shape index (κ3) is 5.91. The average Bonchev–Trinajstić information content (AvgIpc) is 3.30. The van der Waals surface area contributed by atoms with Crippen molar-refractivity contribution in [3.63, 3.8) is 0 Å². The SMILES string of the molecule is CCOc1ncccc1COC(=O)N1CCN(Cc2cncn2Cc2ccc(C#N)cc2)CC1. The van der Waals surface area contributed by atoms with E-state index in [4.69, 9.17) is 14.7 Å². The van der Waals surface area contributed by atoms with Gasteiger partial charge in [0.25, 0.3) is 0 Å². The second-order valence-electron chi connectivity index (χ2n) is 8.04. The molecule has 2 aromatic heterocycles. The highest BCUT2D eigenvalue weighted by atomic mass is 16.6. The van der Waals surface area contributed by atoms with Gasteiger partial charge in [0, 0.05) is 51.7 Å². The molecule has 0 atom stereocenters. The van der Waals surface area contributed by atoms with Gasteiger partial charge in [-0.05, 0) is 36.8 Å². The highest BCUT2D eigenvalue weighted by molar-refractivity contribution is 5.67. The minimum Gasteiger partial charge on any atom is -0.478 e. The van der Waals surface area contributed by atoms with Crippen molar-refractivity contribution < 1.29 is 14.3 Å². The molecule has 0 N–H and O–H groups in total. The van der Waals surface area contributed by atoms with Crippen molar-refractivity contribution in [3.05, 3.63) is 77.5 Å². The van der Waals surface area contributed by atoms with E-state index >= 15 is 0 Å². The normalized spacial score (nSPS) is 13.9. The number of pyridine rings is 1. The Morgan fingerprint density at radius 1 is 1.12 bits per heavy atom. The quantitative estimate of drug-likeness (QED) is 0.510. The maximum Gasteiger partial charge on any atom is 0.410 e. The number of imidazole rings is 1. The number of nitriles is 1. The molecule has 34 heavy (non-hydrogen) atoms. The first kappa shape index (κ1) is 23.3. The van der Waals surface area contributed by atoms with Crippen LogP contribution in [0.5, 0.6) is 5.88 Å². The first-order chi connectivity index (χ1) is 16.7. The highest BCUT2D eigenvalue weighted by Gasteiger charge is 2.23. The third-order valence-corrected chi connectivity index (χ3v) is 5.73. The lowest BCUT2D eigenvalue weighted by Crippen LogP contribution is -2.48. The summed E-state index contributed by atoms with van der Waals surface area (Å²) in [5, 5.41) is 8.97. The van der Waals surface area contributed by atoms with E-state index < -0.39 is 0 Å². The summed E-state index contributed by atoms with van der Waals surface area (Å²) in [5.41, 5.74) is 3.64. The van der Waals surface area contributed by atoms with Gasteiger partial charge in [-0.1, -0.05) is 12.1 Å². The van der Waals surface area contributed by atoms with Crippen molar-refractivity contribution in [2.24, 2.45) is 0 Å². The summed E-state index contributed by atoms with van der Waals surface area (Å²) in [6, 6.07) is 13.4. The van der Waals surface area contributed by atoms with Gasteiger partial charge in [-0.15, -0.1) is 0 Å². The van der Waals surface area contributed by atoms with E-state index in [-0.39, 0.29) is 12.7 Å². The molecule has 1 aliphatic heterocycles. The second-order valence-corrected chi connectivity index (χ2v) is 8.04. The molecule has 0 aliphatic carbocycles. The highest BCUT2D eigenvalue weighted by Crippen LogP contribution is 2.17. The number of amides is 1. The van der Waals surface area contributed by atoms with Gasteiger partial charge < -0.3 is 18.9 Å². The van der Waals surface area contributed by atoms with E-state index in [0.717, 1.165) is 36.5 Å². The Morgan fingerprint density at radius 2 is 1.91 bits per heavy atom. The summed E-state index contributed by atoms with van der Waals surface area (Å²) in [7, 11) is 0. The molecule has 9 heteroatoms. The molecule has 1 fully saturated rings. The van der Waals surface area contributed by atoms with Crippen LogP contribution >= 0.6 is 0 Å². The predicted molar refractivity (Wildman–Crippen MR) is 125 cm³/mol. The van der Waals surface area contributed by atoms with E-state index in [1.165, 1.54) is 0 Å². The zero-order valence-corrected chi connectivity index (χ0v) is 19.3. The third-order valence-electron chi connectivity index (χ3n) is 5.73. The molecule has 0 bridgehead atoms. The van der Waals surface area contributed by atoms with Gasteiger partial charge in [-0.25, -0.2) is 14.8 Å². The Hall–Kier alpha value is -3.90. The lowest BCUT2D eigenvalue weighted by Gasteiger charge is -2.34. The van der Waals surface area contributed by atoms with Crippen LogP contribution in [0.4, 0.5) is 4.79 Å². The molecule has 3 heterocycles. The molecule has 0 spiro atoms. The fourth-order valence-corrected chi connectivity index (χ4v) is 3.85. The molecule has 0 saturated carbocycles. The van der Waals surface area contributed by atoms with Gasteiger partial charge in [0.15, 0.2) is 0 Å². The average molecular weight is 461 g/mol. The fraction of sp³-hybridized carbons (Fsp3) is 0.360. The van der Waals surface area contributed by atoms with Crippen LogP contribution in [0, 0.1) is 11.3 Å². The lowest BCUT2D eigenvalue weighted by atomic mass is 10.1. The smallest absolute Gasteiger partial charge is 0.410 e. The van der Waals surface area contributed by atoms with E-state index in [2.05, 4.69) is 25.5 Å². The van der Waals surface area contributed by atoms with Crippen LogP contribution < -0.4 is 4.74 Å². The van der Waals surface area contributed by atoms with Crippen LogP contribution in [0.3, 0.4) is 0 Å². The van der Waals surface area contributed by atoms with Crippen LogP contribution in [0.15, 0.2) is 55.1 Å². The predicted octanol–water partition coefficient (Wildman–Crippen LogP) is 3.05. The molecule has 9 nitrogen and oxygen atoms in total. The number of piperazine rings is 1. The number of aromatic nitrogens is 3. The standard InChI is InChI=1S/C25H28N6O3/c1-2-33-24-22(4-3-9-28-24)18-34-25(32)30-12-10-29(11-13-30)17-23-15-27-19-31(23)16-21-7-5-20(14-26)6-8-21/h3-9,15,19H,2,10-13,16-18H2,1H3. The molecular weight excluding hydrogens is 432 g/mol. The van der Waals surface area contributed by atoms with Gasteiger partial charge in [0.2, 0.25) is 5.88 Å². The Morgan fingerprint density at radius 3 is 2.65 bits per heavy atom. The number of hydrogen-bond acceptors (Lipinski definition) is 7. The number of carbonyl (C=O) groups excluding carboxylic acids is 1. The van der Waals surface area contributed by atoms with Crippen molar-refractivity contribution in [1.29, 1.82) is 5.26 Å². The lowest BCUT2D eigenvalue weighted by molar-refractivity contribution is 0.0689. The van der Waals surface area contributed by atoms with Gasteiger partial charge >= 0.3 is 6.09 Å². The minimum atomic E-state index is -0.322. The first-order valence-corrected chi connectivity index (χ1v) is 11.3. The molecular formula is C25H28N6O3. The first-order valence-electron chi connectivity index (χ1n) is 11.3. The summed E-state index contributed by atoms with van der Waals surface area (Å²) in [4.78, 5) is 25.1. The topological polar surface area (TPSA) is 96.5 Å². The molecule has 1 amide bonds. The number of ether oxygens (including phenoxy) is 2. The Balaban J connectivity index is 1.26. The van der Waals surface area contributed by atoms with Gasteiger partial charge in [0.1, 0.15) is 6.61 Å². The van der Waals surface area contributed by atoms with Crippen molar-refractivity contribution in [2.75, 3.05) is 32.8 Å². The summed E-state index contributed by atoms with van der Waals surface area (Å²) in [5.74, 6) is 0.500. The number of carbonyl (C=O) groups is 1. The molecule has 1 saturated heterocycles. The fourth-order valence-electron chi connectivity index (χ4n) is 3.85. The van der Waals surface area contributed by atoms with Gasteiger partial charge in [-0.3, -0.25) is 4.90 Å². The molecule has 1 aromatic carbocycles. The zero-order chi connectivity index (χ0) is 23.8. The molecule has 0 radical (unpaired) electrons. The summed E-state index contributed by atoms with van der Waals surface area (Å²) >= 11 is 0. The molecule has 0 unspecified atom stereocenters. The molecule has 4 rings (SSSR count). The maximum absolute atomic E-state index is 12.6. The van der Waals surface area contributed by atoms with Crippen molar-refractivity contribution in [2.45, 2.75) is 26.6 Å². The Bertz CT molecular complexity index is 1130. The number of hydrogen-bond donors (Lipinski definition) is 0. The van der Waals surface area contributed by atoms with E-state index in [0.29, 0.717) is 37.7 Å². The monoisotopic (exact) mass is 460 g/mol.